The molecule has 0 atom stereocenters. The highest BCUT2D eigenvalue weighted by Crippen LogP contribution is 2.34. The van der Waals surface area contributed by atoms with Gasteiger partial charge in [0.25, 0.3) is 10.0 Å². The molecule has 9 heteroatoms. The highest BCUT2D eigenvalue weighted by atomic mass is 35.5. The number of rotatable bonds is 3. The second-order valence-electron chi connectivity index (χ2n) is 3.94. The molecule has 3 N–H and O–H groups in total. The van der Waals surface area contributed by atoms with Gasteiger partial charge in [-0.05, 0) is 18.6 Å². The van der Waals surface area contributed by atoms with Crippen LogP contribution in [0.1, 0.15) is 5.56 Å². The van der Waals surface area contributed by atoms with Gasteiger partial charge in [-0.2, -0.15) is 0 Å². The van der Waals surface area contributed by atoms with Crippen molar-refractivity contribution in [2.24, 2.45) is 0 Å². The molecule has 1 heterocycles. The first-order valence-corrected chi connectivity index (χ1v) is 7.60. The maximum Gasteiger partial charge on any atom is 0.265 e. The normalized spacial score (nSPS) is 11.3. The van der Waals surface area contributed by atoms with E-state index < -0.39 is 10.0 Å². The fraction of sp³-hybridized carbons (Fsp3) is 0.0909. The summed E-state index contributed by atoms with van der Waals surface area (Å²) < 4.78 is 26.7. The van der Waals surface area contributed by atoms with Crippen molar-refractivity contribution in [3.05, 3.63) is 40.1 Å². The van der Waals surface area contributed by atoms with Crippen LogP contribution in [-0.4, -0.2) is 18.4 Å². The quantitative estimate of drug-likeness (QED) is 0.899. The summed E-state index contributed by atoms with van der Waals surface area (Å²) >= 11 is 12.0. The minimum atomic E-state index is -3.89. The summed E-state index contributed by atoms with van der Waals surface area (Å²) in [5.74, 6) is -0.0180. The predicted molar refractivity (Wildman–Crippen MR) is 78.5 cm³/mol. The third-order valence-corrected chi connectivity index (χ3v) is 4.59. The Kier molecular flexibility index (Phi) is 4.03. The van der Waals surface area contributed by atoms with Crippen LogP contribution >= 0.6 is 23.2 Å². The molecule has 0 saturated carbocycles. The molecule has 1 aromatic heterocycles. The molecule has 0 bridgehead atoms. The summed E-state index contributed by atoms with van der Waals surface area (Å²) in [5, 5.41) is 0.429. The van der Waals surface area contributed by atoms with Crippen molar-refractivity contribution in [2.45, 2.75) is 11.8 Å². The van der Waals surface area contributed by atoms with Crippen LogP contribution in [0.3, 0.4) is 0 Å². The largest absolute Gasteiger partial charge is 0.368 e. The topological polar surface area (TPSA) is 98.0 Å². The summed E-state index contributed by atoms with van der Waals surface area (Å²) in [5.41, 5.74) is 6.12. The highest BCUT2D eigenvalue weighted by molar-refractivity contribution is 7.92. The lowest BCUT2D eigenvalue weighted by Gasteiger charge is -2.12. The van der Waals surface area contributed by atoms with Crippen molar-refractivity contribution >= 4 is 44.9 Å². The van der Waals surface area contributed by atoms with E-state index in [-0.39, 0.29) is 26.6 Å². The van der Waals surface area contributed by atoms with Crippen molar-refractivity contribution in [1.29, 1.82) is 0 Å². The summed E-state index contributed by atoms with van der Waals surface area (Å²) in [4.78, 5) is 7.12. The highest BCUT2D eigenvalue weighted by Gasteiger charge is 2.19. The average Bonchev–Trinajstić information content (AvgIpc) is 2.40. The van der Waals surface area contributed by atoms with E-state index in [0.29, 0.717) is 5.56 Å². The maximum absolute atomic E-state index is 12.2. The van der Waals surface area contributed by atoms with Crippen molar-refractivity contribution in [1.82, 2.24) is 9.97 Å². The molecule has 0 aliphatic heterocycles. The minimum Gasteiger partial charge on any atom is -0.368 e. The maximum atomic E-state index is 12.2. The van der Waals surface area contributed by atoms with E-state index in [1.54, 1.807) is 19.1 Å². The van der Waals surface area contributed by atoms with Crippen LogP contribution in [0, 0.1) is 6.92 Å². The first-order chi connectivity index (χ1) is 9.31. The Morgan fingerprint density at radius 1 is 1.20 bits per heavy atom. The van der Waals surface area contributed by atoms with Gasteiger partial charge in [-0.15, -0.1) is 0 Å². The number of benzene rings is 1. The number of aromatic nitrogens is 2. The van der Waals surface area contributed by atoms with E-state index in [9.17, 15) is 8.42 Å². The fourth-order valence-electron chi connectivity index (χ4n) is 1.41. The van der Waals surface area contributed by atoms with E-state index in [4.69, 9.17) is 28.9 Å². The number of halogens is 2. The molecule has 0 spiro atoms. The lowest BCUT2D eigenvalue weighted by atomic mass is 10.2. The molecule has 0 aliphatic carbocycles. The Morgan fingerprint density at radius 3 is 2.40 bits per heavy atom. The first kappa shape index (κ1) is 14.8. The van der Waals surface area contributed by atoms with Crippen LogP contribution in [0.4, 0.5) is 11.6 Å². The number of nitrogen functional groups attached to an aromatic ring is 1. The number of nitrogens with zero attached hydrogens (tertiary/aromatic N) is 2. The molecule has 2 rings (SSSR count). The molecule has 0 saturated heterocycles. The zero-order valence-electron chi connectivity index (χ0n) is 10.3. The number of anilines is 2. The van der Waals surface area contributed by atoms with Gasteiger partial charge in [0.15, 0.2) is 0 Å². The third-order valence-electron chi connectivity index (χ3n) is 2.48. The number of aryl methyl sites for hydroxylation is 1. The molecule has 0 fully saturated rings. The molecular weight excluding hydrogens is 323 g/mol. The van der Waals surface area contributed by atoms with E-state index >= 15 is 0 Å². The third kappa shape index (κ3) is 2.95. The van der Waals surface area contributed by atoms with Crippen LogP contribution in [0.25, 0.3) is 0 Å². The van der Waals surface area contributed by atoms with Crippen LogP contribution in [-0.2, 0) is 10.0 Å². The van der Waals surface area contributed by atoms with E-state index in [1.807, 2.05) is 0 Å². The smallest absolute Gasteiger partial charge is 0.265 e. The van der Waals surface area contributed by atoms with E-state index in [1.165, 1.54) is 0 Å². The second kappa shape index (κ2) is 5.43. The van der Waals surface area contributed by atoms with Crippen LogP contribution in [0.5, 0.6) is 0 Å². The molecular formula is C11H10Cl2N4O2S. The van der Waals surface area contributed by atoms with Crippen LogP contribution < -0.4 is 10.5 Å². The predicted octanol–water partition coefficient (Wildman–Crippen LogP) is 2.47. The van der Waals surface area contributed by atoms with E-state index in [2.05, 4.69) is 14.7 Å². The monoisotopic (exact) mass is 332 g/mol. The summed E-state index contributed by atoms with van der Waals surface area (Å²) in [6.07, 6.45) is 2.20. The number of hydrogen-bond donors (Lipinski definition) is 2. The molecule has 2 aromatic rings. The van der Waals surface area contributed by atoms with Gasteiger partial charge in [0, 0.05) is 0 Å². The lowest BCUT2D eigenvalue weighted by Crippen LogP contribution is -2.15. The number of sulfonamides is 1. The molecule has 0 aliphatic rings. The van der Waals surface area contributed by atoms with Gasteiger partial charge >= 0.3 is 0 Å². The molecule has 0 radical (unpaired) electrons. The van der Waals surface area contributed by atoms with Crippen molar-refractivity contribution < 1.29 is 8.42 Å². The Balaban J connectivity index is 2.43. The number of nitrogens with one attached hydrogen (secondary N) is 1. The van der Waals surface area contributed by atoms with Crippen molar-refractivity contribution in [3.63, 3.8) is 0 Å². The zero-order valence-corrected chi connectivity index (χ0v) is 12.6. The Morgan fingerprint density at radius 2 is 1.80 bits per heavy atom. The van der Waals surface area contributed by atoms with Gasteiger partial charge in [-0.25, -0.2) is 18.4 Å². The molecule has 6 nitrogen and oxygen atoms in total. The van der Waals surface area contributed by atoms with Gasteiger partial charge in [-0.1, -0.05) is 29.3 Å². The van der Waals surface area contributed by atoms with Gasteiger partial charge in [-0.3, -0.25) is 4.72 Å². The first-order valence-electron chi connectivity index (χ1n) is 5.36. The van der Waals surface area contributed by atoms with Crippen LogP contribution in [0.2, 0.25) is 10.0 Å². The summed E-state index contributed by atoms with van der Waals surface area (Å²) in [7, 11) is -3.89. The Hall–Kier alpha value is -1.57. The van der Waals surface area contributed by atoms with Crippen molar-refractivity contribution in [2.75, 3.05) is 10.5 Å². The molecule has 20 heavy (non-hydrogen) atoms. The molecule has 0 amide bonds. The van der Waals surface area contributed by atoms with E-state index in [0.717, 1.165) is 12.4 Å². The molecule has 0 unspecified atom stereocenters. The van der Waals surface area contributed by atoms with Gasteiger partial charge in [0.2, 0.25) is 5.95 Å². The minimum absolute atomic E-state index is 0.0180. The Bertz CT molecular complexity index is 748. The van der Waals surface area contributed by atoms with Crippen LogP contribution in [0.15, 0.2) is 29.4 Å². The van der Waals surface area contributed by atoms with Gasteiger partial charge in [0.1, 0.15) is 4.90 Å². The average molecular weight is 333 g/mol. The zero-order chi connectivity index (χ0) is 14.9. The standard InChI is InChI=1S/C11H10Cl2N4O2S/c1-6-2-3-8(12)10(9(6)13)17-20(18,19)7-4-15-11(14)16-5-7/h2-5,17H,1H3,(H2,14,15,16). The number of nitrogens with two attached hydrogens (primary N) is 1. The molecule has 1 aromatic carbocycles. The van der Waals surface area contributed by atoms with Gasteiger partial charge in [0.05, 0.1) is 28.1 Å². The SMILES string of the molecule is Cc1ccc(Cl)c(NS(=O)(=O)c2cnc(N)nc2)c1Cl. The second-order valence-corrected chi connectivity index (χ2v) is 6.40. The Labute approximate surface area is 126 Å². The fourth-order valence-corrected chi connectivity index (χ4v) is 2.97. The summed E-state index contributed by atoms with van der Waals surface area (Å²) in [6, 6.07) is 3.24. The van der Waals surface area contributed by atoms with Crippen molar-refractivity contribution in [3.8, 4) is 0 Å². The summed E-state index contributed by atoms with van der Waals surface area (Å²) in [6.45, 7) is 1.74. The number of hydrogen-bond acceptors (Lipinski definition) is 5. The molecule has 106 valence electrons. The van der Waals surface area contributed by atoms with Gasteiger partial charge < -0.3 is 5.73 Å². The lowest BCUT2D eigenvalue weighted by molar-refractivity contribution is 0.600.